The molecular weight excluding hydrogens is 733 g/mol. The van der Waals surface area contributed by atoms with E-state index in [4.69, 9.17) is 14.2 Å². The van der Waals surface area contributed by atoms with Gasteiger partial charge in [0.25, 0.3) is 0 Å². The average Bonchev–Trinajstić information content (AvgIpc) is 3.23. The van der Waals surface area contributed by atoms with Crippen molar-refractivity contribution in [1.82, 2.24) is 0 Å². The molecule has 1 atom stereocenters. The number of carbonyl (C=O) groups is 3. The zero-order valence-corrected chi connectivity index (χ0v) is 39.8. The minimum atomic E-state index is -0.762. The molecular formula is C53H100O6. The predicted molar refractivity (Wildman–Crippen MR) is 252 cm³/mol. The minimum Gasteiger partial charge on any atom is -0.462 e. The zero-order chi connectivity index (χ0) is 43.0. The van der Waals surface area contributed by atoms with Crippen LogP contribution in [0.3, 0.4) is 0 Å². The van der Waals surface area contributed by atoms with Crippen LogP contribution in [0.1, 0.15) is 290 Å². The number of unbranched alkanes of at least 4 members (excludes halogenated alkanes) is 35. The molecule has 0 aromatic heterocycles. The van der Waals surface area contributed by atoms with E-state index >= 15 is 0 Å². The number of allylic oxidation sites excluding steroid dienone is 2. The van der Waals surface area contributed by atoms with Crippen LogP contribution >= 0.6 is 0 Å². The van der Waals surface area contributed by atoms with Crippen LogP contribution in [-0.4, -0.2) is 37.2 Å². The molecule has 0 radical (unpaired) electrons. The van der Waals surface area contributed by atoms with Crippen molar-refractivity contribution in [3.05, 3.63) is 12.2 Å². The molecule has 0 aromatic rings. The van der Waals surface area contributed by atoms with E-state index in [1.165, 1.54) is 193 Å². The highest BCUT2D eigenvalue weighted by atomic mass is 16.6. The summed E-state index contributed by atoms with van der Waals surface area (Å²) in [5.74, 6) is -0.860. The van der Waals surface area contributed by atoms with E-state index in [9.17, 15) is 14.4 Å². The fraction of sp³-hybridized carbons (Fsp3) is 0.906. The molecule has 0 heterocycles. The molecule has 0 rings (SSSR count). The van der Waals surface area contributed by atoms with Gasteiger partial charge in [0.15, 0.2) is 6.10 Å². The van der Waals surface area contributed by atoms with Crippen LogP contribution in [-0.2, 0) is 28.6 Å². The summed E-state index contributed by atoms with van der Waals surface area (Å²) in [6.45, 7) is 6.63. The van der Waals surface area contributed by atoms with Crippen molar-refractivity contribution in [3.8, 4) is 0 Å². The second-order valence-corrected chi connectivity index (χ2v) is 17.8. The summed E-state index contributed by atoms with van der Waals surface area (Å²) < 4.78 is 16.7. The van der Waals surface area contributed by atoms with Crippen molar-refractivity contribution in [2.24, 2.45) is 0 Å². The van der Waals surface area contributed by atoms with Gasteiger partial charge in [-0.2, -0.15) is 0 Å². The van der Waals surface area contributed by atoms with E-state index in [1.54, 1.807) is 0 Å². The molecule has 0 aromatic carbocycles. The lowest BCUT2D eigenvalue weighted by Crippen LogP contribution is -2.30. The fourth-order valence-electron chi connectivity index (χ4n) is 7.79. The Morgan fingerprint density at radius 2 is 0.559 bits per heavy atom. The first-order chi connectivity index (χ1) is 29.0. The Balaban J connectivity index is 4.15. The van der Waals surface area contributed by atoms with Gasteiger partial charge in [0.05, 0.1) is 0 Å². The van der Waals surface area contributed by atoms with Crippen molar-refractivity contribution in [3.63, 3.8) is 0 Å². The zero-order valence-electron chi connectivity index (χ0n) is 39.8. The average molecular weight is 833 g/mol. The Hall–Kier alpha value is -1.85. The van der Waals surface area contributed by atoms with Gasteiger partial charge in [0.2, 0.25) is 0 Å². The Morgan fingerprint density at radius 3 is 0.847 bits per heavy atom. The SMILES string of the molecule is CCCCCCCCCC/C=C\CCCCCCCCCCCC(=O)OCC(COC(=O)CCCCCCCCC)OC(=O)CCCCCCCCCCCCCCC. The Bertz CT molecular complexity index is 916. The highest BCUT2D eigenvalue weighted by Gasteiger charge is 2.19. The van der Waals surface area contributed by atoms with Gasteiger partial charge in [-0.15, -0.1) is 0 Å². The van der Waals surface area contributed by atoms with Crippen LogP contribution in [0.25, 0.3) is 0 Å². The summed E-state index contributed by atoms with van der Waals surface area (Å²) in [6.07, 6.45) is 53.6. The summed E-state index contributed by atoms with van der Waals surface area (Å²) in [4.78, 5) is 37.8. The number of hydrogen-bond acceptors (Lipinski definition) is 6. The van der Waals surface area contributed by atoms with Gasteiger partial charge in [-0.25, -0.2) is 0 Å². The third-order valence-corrected chi connectivity index (χ3v) is 11.8. The number of carbonyl (C=O) groups excluding carboxylic acids is 3. The molecule has 0 aliphatic heterocycles. The Kier molecular flexibility index (Phi) is 47.3. The van der Waals surface area contributed by atoms with Gasteiger partial charge >= 0.3 is 17.9 Å². The Labute approximate surface area is 367 Å². The summed E-state index contributed by atoms with van der Waals surface area (Å²) in [6, 6.07) is 0. The van der Waals surface area contributed by atoms with Crippen LogP contribution in [0, 0.1) is 0 Å². The molecule has 348 valence electrons. The van der Waals surface area contributed by atoms with E-state index in [0.717, 1.165) is 57.8 Å². The lowest BCUT2D eigenvalue weighted by atomic mass is 10.0. The third-order valence-electron chi connectivity index (χ3n) is 11.8. The maximum atomic E-state index is 12.7. The number of esters is 3. The molecule has 0 fully saturated rings. The molecule has 0 N–H and O–H groups in total. The third kappa shape index (κ3) is 47.1. The van der Waals surface area contributed by atoms with Crippen LogP contribution in [0.2, 0.25) is 0 Å². The molecule has 1 unspecified atom stereocenters. The molecule has 59 heavy (non-hydrogen) atoms. The number of ether oxygens (including phenoxy) is 3. The summed E-state index contributed by atoms with van der Waals surface area (Å²) in [7, 11) is 0. The van der Waals surface area contributed by atoms with Gasteiger partial charge < -0.3 is 14.2 Å². The van der Waals surface area contributed by atoms with Crippen LogP contribution in [0.15, 0.2) is 12.2 Å². The maximum Gasteiger partial charge on any atom is 0.306 e. The van der Waals surface area contributed by atoms with E-state index in [-0.39, 0.29) is 31.1 Å². The molecule has 0 amide bonds. The van der Waals surface area contributed by atoms with Crippen molar-refractivity contribution in [2.75, 3.05) is 13.2 Å². The fourth-order valence-corrected chi connectivity index (χ4v) is 7.79. The van der Waals surface area contributed by atoms with Crippen LogP contribution in [0.4, 0.5) is 0 Å². The van der Waals surface area contributed by atoms with E-state index in [0.29, 0.717) is 19.3 Å². The smallest absolute Gasteiger partial charge is 0.306 e. The summed E-state index contributed by atoms with van der Waals surface area (Å²) in [5.41, 5.74) is 0. The lowest BCUT2D eigenvalue weighted by molar-refractivity contribution is -0.167. The molecule has 6 nitrogen and oxygen atoms in total. The first-order valence-electron chi connectivity index (χ1n) is 26.2. The first-order valence-corrected chi connectivity index (χ1v) is 26.2. The highest BCUT2D eigenvalue weighted by Crippen LogP contribution is 2.16. The van der Waals surface area contributed by atoms with Gasteiger partial charge in [-0.1, -0.05) is 238 Å². The molecule has 0 saturated heterocycles. The standard InChI is InChI=1S/C53H100O6/c1-4-7-10-13-16-18-20-22-23-24-25-26-27-28-29-31-32-34-37-40-43-46-52(55)58-49-50(48-57-51(54)45-42-39-36-15-12-9-6-3)59-53(56)47-44-41-38-35-33-30-21-19-17-14-11-8-5-2/h24-25,50H,4-23,26-49H2,1-3H3/b25-24-. The predicted octanol–water partition coefficient (Wildman–Crippen LogP) is 17.0. The molecule has 0 aliphatic rings. The second-order valence-electron chi connectivity index (χ2n) is 17.8. The second kappa shape index (κ2) is 48.8. The molecule has 0 saturated carbocycles. The monoisotopic (exact) mass is 833 g/mol. The first kappa shape index (κ1) is 57.1. The van der Waals surface area contributed by atoms with Gasteiger partial charge in [0.1, 0.15) is 13.2 Å². The normalized spacial score (nSPS) is 12.0. The number of hydrogen-bond donors (Lipinski definition) is 0. The molecule has 6 heteroatoms. The van der Waals surface area contributed by atoms with Crippen LogP contribution in [0.5, 0.6) is 0 Å². The van der Waals surface area contributed by atoms with Crippen molar-refractivity contribution in [2.45, 2.75) is 297 Å². The quantitative estimate of drug-likeness (QED) is 0.0263. The van der Waals surface area contributed by atoms with Gasteiger partial charge in [-0.3, -0.25) is 14.4 Å². The minimum absolute atomic E-state index is 0.0665. The Morgan fingerprint density at radius 1 is 0.322 bits per heavy atom. The molecule has 0 bridgehead atoms. The summed E-state index contributed by atoms with van der Waals surface area (Å²) >= 11 is 0. The maximum absolute atomic E-state index is 12.7. The van der Waals surface area contributed by atoms with E-state index < -0.39 is 6.10 Å². The molecule has 0 spiro atoms. The largest absolute Gasteiger partial charge is 0.462 e. The highest BCUT2D eigenvalue weighted by molar-refractivity contribution is 5.71. The van der Waals surface area contributed by atoms with Crippen molar-refractivity contribution < 1.29 is 28.6 Å². The van der Waals surface area contributed by atoms with Gasteiger partial charge in [0, 0.05) is 19.3 Å². The summed E-state index contributed by atoms with van der Waals surface area (Å²) in [5, 5.41) is 0. The van der Waals surface area contributed by atoms with Crippen LogP contribution < -0.4 is 0 Å². The lowest BCUT2D eigenvalue weighted by Gasteiger charge is -2.18. The van der Waals surface area contributed by atoms with Crippen molar-refractivity contribution in [1.29, 1.82) is 0 Å². The molecule has 0 aliphatic carbocycles. The van der Waals surface area contributed by atoms with E-state index in [2.05, 4.69) is 32.9 Å². The van der Waals surface area contributed by atoms with Gasteiger partial charge in [-0.05, 0) is 44.9 Å². The number of rotatable bonds is 48. The topological polar surface area (TPSA) is 78.9 Å². The van der Waals surface area contributed by atoms with Crippen molar-refractivity contribution >= 4 is 17.9 Å². The van der Waals surface area contributed by atoms with E-state index in [1.807, 2.05) is 0 Å².